The van der Waals surface area contributed by atoms with Gasteiger partial charge in [-0.3, -0.25) is 14.4 Å². The molecule has 0 saturated carbocycles. The number of hydrazine groups is 1. The molecule has 0 radical (unpaired) electrons. The lowest BCUT2D eigenvalue weighted by Crippen LogP contribution is -2.59. The average molecular weight is 694 g/mol. The number of aromatic nitrogens is 1. The van der Waals surface area contributed by atoms with Crippen LogP contribution >= 0.6 is 11.6 Å². The number of guanidine groups is 1. The molecule has 4 heterocycles. The highest BCUT2D eigenvalue weighted by Gasteiger charge is 2.52. The van der Waals surface area contributed by atoms with Gasteiger partial charge in [0.05, 0.1) is 16.3 Å². The monoisotopic (exact) mass is 693 g/mol. The number of anilines is 1. The van der Waals surface area contributed by atoms with Gasteiger partial charge < -0.3 is 20.2 Å². The summed E-state index contributed by atoms with van der Waals surface area (Å²) in [4.78, 5) is 53.4. The zero-order valence-corrected chi connectivity index (χ0v) is 26.8. The second-order valence-electron chi connectivity index (χ2n) is 12.5. The third-order valence-electron chi connectivity index (χ3n) is 9.55. The molecule has 1 unspecified atom stereocenters. The molecular formula is C34H31ClF3N7O4. The van der Waals surface area contributed by atoms with Gasteiger partial charge in [-0.2, -0.15) is 18.6 Å². The zero-order valence-electron chi connectivity index (χ0n) is 26.0. The number of hydrogen-bond donors (Lipinski definition) is 3. The van der Waals surface area contributed by atoms with Gasteiger partial charge in [0, 0.05) is 36.0 Å². The molecule has 1 aliphatic carbocycles. The standard InChI is InChI=1S/C34H31ClF3N7O4/c35-22-18-21(34(36,37)38)10-11-23(22)40-26(47)19-44-24-8-4-12-33(13-16-43(17-14-33)31(49)28-25(46)9-5-15-39-28)27(24)30(48)45-32(44)41-29(42-45)20-6-2-1-3-7-20/h1-3,5-7,9-11,15,18,29,42,46H,4,8,12-14,16-17,19H2,(H,40,47). The smallest absolute Gasteiger partial charge is 0.416 e. The Labute approximate surface area is 284 Å². The van der Waals surface area contributed by atoms with Crippen LogP contribution in [0.2, 0.25) is 5.02 Å². The molecule has 1 aromatic heterocycles. The molecule has 1 fully saturated rings. The first kappa shape index (κ1) is 32.6. The van der Waals surface area contributed by atoms with E-state index in [1.165, 1.54) is 17.3 Å². The molecule has 3 amide bonds. The van der Waals surface area contributed by atoms with E-state index in [-0.39, 0.29) is 40.6 Å². The molecule has 1 saturated heterocycles. The largest absolute Gasteiger partial charge is 0.505 e. The molecule has 0 bridgehead atoms. The third kappa shape index (κ3) is 5.99. The van der Waals surface area contributed by atoms with E-state index < -0.39 is 35.1 Å². The maximum Gasteiger partial charge on any atom is 0.416 e. The quantitative estimate of drug-likeness (QED) is 0.323. The van der Waals surface area contributed by atoms with Gasteiger partial charge in [0.1, 0.15) is 18.5 Å². The number of nitrogens with one attached hydrogen (secondary N) is 2. The summed E-state index contributed by atoms with van der Waals surface area (Å²) in [7, 11) is 0. The van der Waals surface area contributed by atoms with Gasteiger partial charge >= 0.3 is 6.18 Å². The fourth-order valence-corrected chi connectivity index (χ4v) is 7.38. The number of aliphatic imine (C=N–C) groups is 1. The van der Waals surface area contributed by atoms with Crippen LogP contribution in [-0.4, -0.2) is 68.2 Å². The first-order chi connectivity index (χ1) is 23.4. The summed E-state index contributed by atoms with van der Waals surface area (Å²) >= 11 is 6.14. The van der Waals surface area contributed by atoms with Crippen LogP contribution in [0.15, 0.2) is 83.1 Å². The highest BCUT2D eigenvalue weighted by atomic mass is 35.5. The Balaban J connectivity index is 1.20. The zero-order chi connectivity index (χ0) is 34.5. The number of nitrogens with zero attached hydrogens (tertiary/aromatic N) is 5. The van der Waals surface area contributed by atoms with E-state index in [9.17, 15) is 32.7 Å². The number of benzene rings is 2. The fraction of sp³-hybridized carbons (Fsp3) is 0.324. The van der Waals surface area contributed by atoms with Gasteiger partial charge in [0.2, 0.25) is 11.9 Å². The van der Waals surface area contributed by atoms with E-state index >= 15 is 0 Å². The molecule has 2 aromatic carbocycles. The molecule has 3 N–H and O–H groups in total. The van der Waals surface area contributed by atoms with Crippen molar-refractivity contribution in [3.63, 3.8) is 0 Å². The van der Waals surface area contributed by atoms with Crippen molar-refractivity contribution in [2.24, 2.45) is 10.4 Å². The lowest BCUT2D eigenvalue weighted by molar-refractivity contribution is -0.137. The highest BCUT2D eigenvalue weighted by Crippen LogP contribution is 2.51. The van der Waals surface area contributed by atoms with Crippen molar-refractivity contribution in [2.75, 3.05) is 25.0 Å². The van der Waals surface area contributed by atoms with Crippen LogP contribution in [0, 0.1) is 5.41 Å². The minimum Gasteiger partial charge on any atom is -0.505 e. The number of amides is 3. The predicted octanol–water partition coefficient (Wildman–Crippen LogP) is 5.48. The van der Waals surface area contributed by atoms with Crippen molar-refractivity contribution in [3.8, 4) is 5.75 Å². The summed E-state index contributed by atoms with van der Waals surface area (Å²) in [6.45, 7) is 0.362. The molecule has 7 rings (SSSR count). The van der Waals surface area contributed by atoms with Crippen molar-refractivity contribution in [1.29, 1.82) is 0 Å². The van der Waals surface area contributed by atoms with E-state index in [1.54, 1.807) is 15.9 Å². The number of likely N-dealkylation sites (tertiary alicyclic amines) is 1. The van der Waals surface area contributed by atoms with Crippen LogP contribution in [0.1, 0.15) is 59.9 Å². The van der Waals surface area contributed by atoms with Gasteiger partial charge in [-0.1, -0.05) is 41.9 Å². The topological polar surface area (TPSA) is 130 Å². The number of pyridine rings is 1. The summed E-state index contributed by atoms with van der Waals surface area (Å²) in [5.41, 5.74) is 3.64. The number of aromatic hydroxyl groups is 1. The van der Waals surface area contributed by atoms with Gasteiger partial charge in [0.15, 0.2) is 5.69 Å². The third-order valence-corrected chi connectivity index (χ3v) is 9.86. The number of rotatable bonds is 5. The van der Waals surface area contributed by atoms with E-state index in [4.69, 9.17) is 16.6 Å². The van der Waals surface area contributed by atoms with Crippen LogP contribution in [0.5, 0.6) is 5.75 Å². The molecule has 254 valence electrons. The maximum atomic E-state index is 14.4. The molecule has 49 heavy (non-hydrogen) atoms. The number of alkyl halides is 3. The molecule has 1 spiro atoms. The Morgan fingerprint density at radius 1 is 1.06 bits per heavy atom. The SMILES string of the molecule is O=C(CN1C2=NC(c3ccccc3)NN2C(=O)C2=C1CCCC21CCN(C(=O)c2ncccc2O)CC1)Nc1ccc(C(F)(F)F)cc1Cl. The molecule has 1 atom stereocenters. The van der Waals surface area contributed by atoms with Crippen LogP contribution in [0.25, 0.3) is 0 Å². The number of allylic oxidation sites excluding steroid dienone is 1. The second kappa shape index (κ2) is 12.5. The van der Waals surface area contributed by atoms with Crippen molar-refractivity contribution in [3.05, 3.63) is 100.0 Å². The molecule has 3 aromatic rings. The second-order valence-corrected chi connectivity index (χ2v) is 12.9. The number of piperidine rings is 1. The fourth-order valence-electron chi connectivity index (χ4n) is 7.15. The number of halogens is 4. The minimum atomic E-state index is -4.59. The first-order valence-corrected chi connectivity index (χ1v) is 16.2. The van der Waals surface area contributed by atoms with E-state index in [1.807, 2.05) is 30.3 Å². The van der Waals surface area contributed by atoms with Gasteiger partial charge in [-0.15, -0.1) is 0 Å². The predicted molar refractivity (Wildman–Crippen MR) is 173 cm³/mol. The van der Waals surface area contributed by atoms with Crippen LogP contribution in [-0.2, 0) is 15.8 Å². The summed E-state index contributed by atoms with van der Waals surface area (Å²) < 4.78 is 39.6. The number of carbonyl (C=O) groups is 3. The van der Waals surface area contributed by atoms with E-state index in [0.717, 1.165) is 23.8 Å². The maximum absolute atomic E-state index is 14.4. The van der Waals surface area contributed by atoms with Crippen molar-refractivity contribution >= 4 is 41.0 Å². The number of fused-ring (bicyclic) bond motifs is 2. The molecular weight excluding hydrogens is 663 g/mol. The van der Waals surface area contributed by atoms with Crippen LogP contribution in [0.3, 0.4) is 0 Å². The molecule has 4 aliphatic rings. The number of hydrogen-bond acceptors (Lipinski definition) is 8. The van der Waals surface area contributed by atoms with Gasteiger partial charge in [-0.25, -0.2) is 15.0 Å². The summed E-state index contributed by atoms with van der Waals surface area (Å²) in [6, 6.07) is 15.0. The Kier molecular flexibility index (Phi) is 8.31. The Morgan fingerprint density at radius 3 is 2.51 bits per heavy atom. The number of carbonyl (C=O) groups excluding carboxylic acids is 3. The molecule has 15 heteroatoms. The van der Waals surface area contributed by atoms with Gasteiger partial charge in [-0.05, 0) is 68.0 Å². The van der Waals surface area contributed by atoms with Gasteiger partial charge in [0.25, 0.3) is 11.8 Å². The van der Waals surface area contributed by atoms with E-state index in [0.29, 0.717) is 56.5 Å². The lowest BCUT2D eigenvalue weighted by Gasteiger charge is -2.50. The summed E-state index contributed by atoms with van der Waals surface area (Å²) in [6.07, 6.45) is -0.921. The molecule has 3 aliphatic heterocycles. The summed E-state index contributed by atoms with van der Waals surface area (Å²) in [5, 5.41) is 13.9. The van der Waals surface area contributed by atoms with Crippen LogP contribution < -0.4 is 10.7 Å². The van der Waals surface area contributed by atoms with Crippen molar-refractivity contribution in [1.82, 2.24) is 25.2 Å². The van der Waals surface area contributed by atoms with E-state index in [2.05, 4.69) is 15.7 Å². The Bertz CT molecular complexity index is 1890. The van der Waals surface area contributed by atoms with Crippen molar-refractivity contribution < 1.29 is 32.7 Å². The molecule has 11 nitrogen and oxygen atoms in total. The lowest BCUT2D eigenvalue weighted by atomic mass is 9.64. The minimum absolute atomic E-state index is 0.0172. The highest BCUT2D eigenvalue weighted by molar-refractivity contribution is 6.33. The Hall–Kier alpha value is -4.95. The normalized spacial score (nSPS) is 20.2. The van der Waals surface area contributed by atoms with Crippen molar-refractivity contribution in [2.45, 2.75) is 44.4 Å². The van der Waals surface area contributed by atoms with Crippen LogP contribution in [0.4, 0.5) is 18.9 Å². The first-order valence-electron chi connectivity index (χ1n) is 15.8. The average Bonchev–Trinajstić information content (AvgIpc) is 3.54. The summed E-state index contributed by atoms with van der Waals surface area (Å²) in [5.74, 6) is -1.21. The Morgan fingerprint density at radius 2 is 1.82 bits per heavy atom.